The fourth-order valence-electron chi connectivity index (χ4n) is 4.40. The number of carbonyl (C=O) groups excluding carboxylic acids is 2. The van der Waals surface area contributed by atoms with Crippen LogP contribution in [-0.4, -0.2) is 63.2 Å². The molecule has 10 nitrogen and oxygen atoms in total. The van der Waals surface area contributed by atoms with E-state index in [4.69, 9.17) is 21.1 Å². The number of carbonyl (C=O) groups is 2. The molecule has 11 heteroatoms. The second kappa shape index (κ2) is 11.8. The van der Waals surface area contributed by atoms with Crippen molar-refractivity contribution in [3.05, 3.63) is 77.2 Å². The van der Waals surface area contributed by atoms with Gasteiger partial charge in [0.05, 0.1) is 34.7 Å². The average molecular weight is 550 g/mol. The van der Waals surface area contributed by atoms with E-state index in [9.17, 15) is 14.7 Å². The van der Waals surface area contributed by atoms with Crippen molar-refractivity contribution in [2.24, 2.45) is 0 Å². The van der Waals surface area contributed by atoms with Gasteiger partial charge in [0, 0.05) is 24.4 Å². The molecule has 3 heterocycles. The first kappa shape index (κ1) is 26.6. The Labute approximate surface area is 229 Å². The van der Waals surface area contributed by atoms with E-state index in [1.807, 2.05) is 30.3 Å². The highest BCUT2D eigenvalue weighted by molar-refractivity contribution is 6.35. The summed E-state index contributed by atoms with van der Waals surface area (Å²) < 4.78 is 11.7. The van der Waals surface area contributed by atoms with Crippen LogP contribution in [0.5, 0.6) is 11.5 Å². The molecule has 39 heavy (non-hydrogen) atoms. The Balaban J connectivity index is 1.29. The maximum Gasteiger partial charge on any atom is 0.248 e. The Bertz CT molecular complexity index is 1470. The van der Waals surface area contributed by atoms with Crippen LogP contribution in [0.15, 0.2) is 61.1 Å². The van der Waals surface area contributed by atoms with E-state index >= 15 is 0 Å². The van der Waals surface area contributed by atoms with Gasteiger partial charge >= 0.3 is 0 Å². The number of para-hydroxylation sites is 1. The van der Waals surface area contributed by atoms with E-state index < -0.39 is 12.0 Å². The molecular weight excluding hydrogens is 522 g/mol. The molecule has 0 bridgehead atoms. The molecule has 1 aliphatic rings. The number of amides is 1. The van der Waals surface area contributed by atoms with Crippen molar-refractivity contribution in [1.29, 1.82) is 0 Å². The maximum atomic E-state index is 13.6. The van der Waals surface area contributed by atoms with Crippen molar-refractivity contribution < 1.29 is 24.2 Å². The summed E-state index contributed by atoms with van der Waals surface area (Å²) in [7, 11) is 0. The predicted octanol–water partition coefficient (Wildman–Crippen LogP) is 4.09. The fourth-order valence-corrected chi connectivity index (χ4v) is 4.66. The molecule has 0 aliphatic carbocycles. The summed E-state index contributed by atoms with van der Waals surface area (Å²) in [5, 5.41) is 16.2. The lowest BCUT2D eigenvalue weighted by Crippen LogP contribution is -2.43. The Kier molecular flexibility index (Phi) is 8.06. The molecule has 1 saturated heterocycles. The van der Waals surface area contributed by atoms with Gasteiger partial charge in [-0.3, -0.25) is 9.59 Å². The van der Waals surface area contributed by atoms with E-state index in [1.165, 1.54) is 13.3 Å². The number of benzene rings is 2. The molecule has 3 atom stereocenters. The SMILES string of the molecule is C[C@@H](O)C(=O)NC[C@@H]1CC[C@@H](Nc2ncnc3[nH]cc(C(=O)c4ccc(Oc5ccccc5)cc4Cl)c23)CO1. The molecule has 1 amide bonds. The van der Waals surface area contributed by atoms with Crippen LogP contribution < -0.4 is 15.4 Å². The maximum absolute atomic E-state index is 13.6. The number of aromatic nitrogens is 3. The second-order valence-electron chi connectivity index (χ2n) is 9.33. The van der Waals surface area contributed by atoms with Gasteiger partial charge in [0.2, 0.25) is 5.91 Å². The Morgan fingerprint density at radius 3 is 2.69 bits per heavy atom. The molecule has 2 aromatic carbocycles. The second-order valence-corrected chi connectivity index (χ2v) is 9.74. The summed E-state index contributed by atoms with van der Waals surface area (Å²) in [6, 6.07) is 14.2. The largest absolute Gasteiger partial charge is 0.457 e. The highest BCUT2D eigenvalue weighted by Crippen LogP contribution is 2.32. The van der Waals surface area contributed by atoms with Crippen molar-refractivity contribution >= 4 is 40.1 Å². The highest BCUT2D eigenvalue weighted by Gasteiger charge is 2.26. The van der Waals surface area contributed by atoms with Crippen molar-refractivity contribution in [2.45, 2.75) is 38.0 Å². The minimum atomic E-state index is -1.06. The number of halogens is 1. The van der Waals surface area contributed by atoms with Gasteiger partial charge in [0.1, 0.15) is 35.4 Å². The molecule has 1 fully saturated rings. The molecule has 2 aromatic heterocycles. The van der Waals surface area contributed by atoms with Crippen LogP contribution in [0.25, 0.3) is 11.0 Å². The van der Waals surface area contributed by atoms with E-state index in [0.29, 0.717) is 59.0 Å². The van der Waals surface area contributed by atoms with E-state index in [1.54, 1.807) is 24.4 Å². The number of fused-ring (bicyclic) bond motifs is 1. The van der Waals surface area contributed by atoms with Gasteiger partial charge in [-0.2, -0.15) is 0 Å². The van der Waals surface area contributed by atoms with Crippen LogP contribution in [0.2, 0.25) is 5.02 Å². The number of hydrogen-bond acceptors (Lipinski definition) is 8. The number of rotatable bonds is 9. The molecule has 0 spiro atoms. The first-order valence-electron chi connectivity index (χ1n) is 12.6. The number of hydrogen-bond donors (Lipinski definition) is 4. The number of anilines is 1. The van der Waals surface area contributed by atoms with Crippen molar-refractivity contribution in [1.82, 2.24) is 20.3 Å². The molecule has 202 valence electrons. The first-order valence-corrected chi connectivity index (χ1v) is 13.0. The minimum absolute atomic E-state index is 0.0531. The zero-order chi connectivity index (χ0) is 27.4. The van der Waals surface area contributed by atoms with Gasteiger partial charge in [-0.1, -0.05) is 29.8 Å². The summed E-state index contributed by atoms with van der Waals surface area (Å²) >= 11 is 6.52. The number of aliphatic hydroxyl groups is 1. The summed E-state index contributed by atoms with van der Waals surface area (Å²) in [4.78, 5) is 36.9. The Hall–Kier alpha value is -3.99. The number of nitrogens with zero attached hydrogens (tertiary/aromatic N) is 2. The van der Waals surface area contributed by atoms with Crippen molar-refractivity contribution in [2.75, 3.05) is 18.5 Å². The van der Waals surface area contributed by atoms with E-state index in [0.717, 1.165) is 6.42 Å². The minimum Gasteiger partial charge on any atom is -0.457 e. The predicted molar refractivity (Wildman–Crippen MR) is 146 cm³/mol. The van der Waals surface area contributed by atoms with Gasteiger partial charge in [-0.05, 0) is 44.0 Å². The lowest BCUT2D eigenvalue weighted by molar-refractivity contribution is -0.129. The monoisotopic (exact) mass is 549 g/mol. The lowest BCUT2D eigenvalue weighted by atomic mass is 10.0. The molecule has 0 unspecified atom stereocenters. The third-order valence-corrected chi connectivity index (χ3v) is 6.79. The third kappa shape index (κ3) is 6.19. The number of H-pyrrole nitrogens is 1. The van der Waals surface area contributed by atoms with Crippen molar-refractivity contribution in [3.8, 4) is 11.5 Å². The Morgan fingerprint density at radius 1 is 1.15 bits per heavy atom. The molecule has 0 saturated carbocycles. The van der Waals surface area contributed by atoms with Crippen LogP contribution in [0, 0.1) is 0 Å². The lowest BCUT2D eigenvalue weighted by Gasteiger charge is -2.30. The molecular formula is C28H28ClN5O5. The fraction of sp³-hybridized carbons (Fsp3) is 0.286. The van der Waals surface area contributed by atoms with Gasteiger partial charge in [-0.15, -0.1) is 0 Å². The average Bonchev–Trinajstić information content (AvgIpc) is 3.38. The van der Waals surface area contributed by atoms with Gasteiger partial charge in [0.15, 0.2) is 5.78 Å². The van der Waals surface area contributed by atoms with Crippen LogP contribution in [0.4, 0.5) is 5.82 Å². The Morgan fingerprint density at radius 2 is 1.97 bits per heavy atom. The number of ether oxygens (including phenoxy) is 2. The summed E-state index contributed by atoms with van der Waals surface area (Å²) in [5.74, 6) is 1.00. The van der Waals surface area contributed by atoms with Gasteiger partial charge < -0.3 is 30.2 Å². The third-order valence-electron chi connectivity index (χ3n) is 6.47. The number of nitrogens with one attached hydrogen (secondary N) is 3. The molecule has 1 aliphatic heterocycles. The van der Waals surface area contributed by atoms with Crippen LogP contribution in [0.1, 0.15) is 35.7 Å². The van der Waals surface area contributed by atoms with E-state index in [-0.39, 0.29) is 23.0 Å². The normalized spacial score (nSPS) is 17.9. The molecule has 0 radical (unpaired) electrons. The highest BCUT2D eigenvalue weighted by atomic mass is 35.5. The standard InChI is InChI=1S/C28H28ClN5O5/c1-16(35)28(37)31-12-20-8-7-17(14-38-20)34-27-24-22(13-30-26(24)32-15-33-27)25(36)21-10-9-19(11-23(21)29)39-18-5-3-2-4-6-18/h2-6,9-11,13,15-17,20,35H,7-8,12,14H2,1H3,(H,31,37)(H2,30,32,33,34)/t16-,17-,20+/m1/s1. The number of ketones is 1. The van der Waals surface area contributed by atoms with Crippen LogP contribution >= 0.6 is 11.6 Å². The van der Waals surface area contributed by atoms with Crippen molar-refractivity contribution in [3.63, 3.8) is 0 Å². The van der Waals surface area contributed by atoms with Crippen LogP contribution in [-0.2, 0) is 9.53 Å². The molecule has 4 N–H and O–H groups in total. The number of aliphatic hydroxyl groups excluding tert-OH is 1. The number of aromatic amines is 1. The smallest absolute Gasteiger partial charge is 0.248 e. The molecule has 4 aromatic rings. The topological polar surface area (TPSA) is 138 Å². The van der Waals surface area contributed by atoms with Crippen LogP contribution in [0.3, 0.4) is 0 Å². The summed E-state index contributed by atoms with van der Waals surface area (Å²) in [5.41, 5.74) is 1.24. The summed E-state index contributed by atoms with van der Waals surface area (Å²) in [6.45, 7) is 2.15. The van der Waals surface area contributed by atoms with Gasteiger partial charge in [0.25, 0.3) is 0 Å². The molecule has 5 rings (SSSR count). The van der Waals surface area contributed by atoms with E-state index in [2.05, 4.69) is 25.6 Å². The summed E-state index contributed by atoms with van der Waals surface area (Å²) in [6.07, 6.45) is 3.31. The van der Waals surface area contributed by atoms with Gasteiger partial charge in [-0.25, -0.2) is 9.97 Å². The zero-order valence-corrected chi connectivity index (χ0v) is 21.9. The zero-order valence-electron chi connectivity index (χ0n) is 21.2. The first-order chi connectivity index (χ1) is 18.9. The quantitative estimate of drug-likeness (QED) is 0.229.